The van der Waals surface area contributed by atoms with Crippen molar-refractivity contribution in [3.05, 3.63) is 80.2 Å². The molecule has 2 aromatic carbocycles. The van der Waals surface area contributed by atoms with Crippen molar-refractivity contribution in [2.45, 2.75) is 0 Å². The summed E-state index contributed by atoms with van der Waals surface area (Å²) in [7, 11) is 1.20. The molecule has 3 rings (SSSR count). The lowest BCUT2D eigenvalue weighted by Gasteiger charge is -2.05. The van der Waals surface area contributed by atoms with Crippen LogP contribution in [0.5, 0.6) is 0 Å². The number of hydrogen-bond donors (Lipinski definition) is 1. The van der Waals surface area contributed by atoms with Crippen LogP contribution in [0.15, 0.2) is 65.5 Å². The number of rotatable bonds is 4. The zero-order chi connectivity index (χ0) is 20.8. The predicted molar refractivity (Wildman–Crippen MR) is 110 cm³/mol. The molecule has 144 valence electrons. The zero-order valence-corrected chi connectivity index (χ0v) is 16.1. The van der Waals surface area contributed by atoms with Gasteiger partial charge in [-0.15, -0.1) is 11.3 Å². The predicted octanol–water partition coefficient (Wildman–Crippen LogP) is 1.17. The molecule has 0 fully saturated rings. The van der Waals surface area contributed by atoms with Gasteiger partial charge in [-0.25, -0.2) is 4.79 Å². The number of aromatic nitrogens is 1. The summed E-state index contributed by atoms with van der Waals surface area (Å²) in [6.07, 6.45) is 1.04. The van der Waals surface area contributed by atoms with E-state index in [4.69, 9.17) is 0 Å². The lowest BCUT2D eigenvalue weighted by molar-refractivity contribution is -0.133. The molecule has 0 unspecified atom stereocenters. The van der Waals surface area contributed by atoms with Gasteiger partial charge in [0, 0.05) is 11.8 Å². The van der Waals surface area contributed by atoms with Crippen LogP contribution in [-0.2, 0) is 14.3 Å². The van der Waals surface area contributed by atoms with Gasteiger partial charge in [-0.1, -0.05) is 36.4 Å². The second kappa shape index (κ2) is 8.82. The van der Waals surface area contributed by atoms with Crippen LogP contribution in [0.4, 0.5) is 5.69 Å². The highest BCUT2D eigenvalue weighted by atomic mass is 32.1. The van der Waals surface area contributed by atoms with Crippen molar-refractivity contribution in [2.75, 3.05) is 12.4 Å². The van der Waals surface area contributed by atoms with Crippen LogP contribution in [0.25, 0.3) is 17.3 Å². The van der Waals surface area contributed by atoms with Crippen molar-refractivity contribution >= 4 is 40.5 Å². The summed E-state index contributed by atoms with van der Waals surface area (Å²) >= 11 is 0.870. The highest BCUT2D eigenvalue weighted by molar-refractivity contribution is 7.07. The minimum atomic E-state index is -0.706. The van der Waals surface area contributed by atoms with Crippen LogP contribution < -0.4 is 20.1 Å². The minimum Gasteiger partial charge on any atom is -0.466 e. The molecule has 0 aliphatic carbocycles. The first-order valence-electron chi connectivity index (χ1n) is 8.43. The average molecular weight is 405 g/mol. The smallest absolute Gasteiger partial charge is 0.332 e. The number of amides is 1. The Bertz CT molecular complexity index is 1270. The third kappa shape index (κ3) is 4.31. The number of anilines is 1. The van der Waals surface area contributed by atoms with Gasteiger partial charge in [-0.2, -0.15) is 5.26 Å². The number of para-hydroxylation sites is 2. The number of carbonyl (C=O) groups excluding carboxylic acids is 2. The van der Waals surface area contributed by atoms with Gasteiger partial charge in [0.2, 0.25) is 0 Å². The number of nitrogens with zero attached hydrogens (tertiary/aromatic N) is 2. The Balaban J connectivity index is 2.28. The number of methoxy groups -OCH3 is 1. The van der Waals surface area contributed by atoms with E-state index in [9.17, 15) is 19.6 Å². The summed E-state index contributed by atoms with van der Waals surface area (Å²) in [5, 5.41) is 12.3. The monoisotopic (exact) mass is 405 g/mol. The normalized spacial score (nSPS) is 12.1. The molecule has 29 heavy (non-hydrogen) atoms. The fraction of sp³-hybridized carbons (Fsp3) is 0.0476. The molecule has 1 aromatic heterocycles. The number of nitrogens with one attached hydrogen (secondary N) is 1. The first-order valence-corrected chi connectivity index (χ1v) is 9.24. The second-order valence-electron chi connectivity index (χ2n) is 5.72. The Hall–Kier alpha value is -3.96. The topological polar surface area (TPSA) is 101 Å². The fourth-order valence-electron chi connectivity index (χ4n) is 2.54. The van der Waals surface area contributed by atoms with Crippen LogP contribution in [0, 0.1) is 11.3 Å². The van der Waals surface area contributed by atoms with Crippen LogP contribution in [0.1, 0.15) is 0 Å². The van der Waals surface area contributed by atoms with Crippen molar-refractivity contribution in [3.8, 4) is 11.8 Å². The molecule has 0 spiro atoms. The van der Waals surface area contributed by atoms with Crippen LogP contribution in [-0.4, -0.2) is 23.6 Å². The van der Waals surface area contributed by atoms with Crippen molar-refractivity contribution in [2.24, 2.45) is 0 Å². The van der Waals surface area contributed by atoms with Gasteiger partial charge in [0.05, 0.1) is 12.8 Å². The Morgan fingerprint density at radius 2 is 1.72 bits per heavy atom. The van der Waals surface area contributed by atoms with Gasteiger partial charge in [-0.3, -0.25) is 14.2 Å². The van der Waals surface area contributed by atoms with Gasteiger partial charge in [-0.05, 0) is 24.3 Å². The molecule has 7 nitrogen and oxygen atoms in total. The zero-order valence-electron chi connectivity index (χ0n) is 15.3. The summed E-state index contributed by atoms with van der Waals surface area (Å²) in [4.78, 5) is 37.3. The molecule has 0 bridgehead atoms. The van der Waals surface area contributed by atoms with E-state index >= 15 is 0 Å². The van der Waals surface area contributed by atoms with E-state index in [1.807, 2.05) is 6.07 Å². The first kappa shape index (κ1) is 19.8. The number of thiazole rings is 1. The summed E-state index contributed by atoms with van der Waals surface area (Å²) in [6, 6.07) is 19.1. The fourth-order valence-corrected chi connectivity index (χ4v) is 3.60. The Morgan fingerprint density at radius 1 is 1.10 bits per heavy atom. The second-order valence-corrected chi connectivity index (χ2v) is 6.75. The summed E-state index contributed by atoms with van der Waals surface area (Å²) in [5.41, 5.74) is 0.205. The molecular weight excluding hydrogens is 390 g/mol. The molecule has 1 N–H and O–H groups in total. The van der Waals surface area contributed by atoms with E-state index in [0.717, 1.165) is 17.4 Å². The van der Waals surface area contributed by atoms with Gasteiger partial charge < -0.3 is 10.1 Å². The molecular formula is C21H15N3O4S. The average Bonchev–Trinajstić information content (AvgIpc) is 3.05. The summed E-state index contributed by atoms with van der Waals surface area (Å²) < 4.78 is 6.00. The van der Waals surface area contributed by atoms with Crippen LogP contribution >= 0.6 is 11.3 Å². The molecule has 0 aliphatic rings. The number of ether oxygens (including phenoxy) is 1. The van der Waals surface area contributed by atoms with Gasteiger partial charge >= 0.3 is 5.97 Å². The number of benzene rings is 2. The summed E-state index contributed by atoms with van der Waals surface area (Å²) in [6.45, 7) is 0. The van der Waals surface area contributed by atoms with Gasteiger partial charge in [0.1, 0.15) is 15.3 Å². The van der Waals surface area contributed by atoms with E-state index in [1.165, 1.54) is 11.7 Å². The van der Waals surface area contributed by atoms with Crippen LogP contribution in [0.2, 0.25) is 0 Å². The van der Waals surface area contributed by atoms with Crippen molar-refractivity contribution in [3.63, 3.8) is 0 Å². The standard InChI is InChI=1S/C21H15N3O4S/c1-28-18(25)12-17-20(27)24(15-10-6-3-7-11-15)21(29-17)16(13-22)19(26)23-14-8-4-2-5-9-14/h2-12H,1H3,(H,23,26)/b17-12+,21-16+. The van der Waals surface area contributed by atoms with Crippen molar-refractivity contribution < 1.29 is 14.3 Å². The number of nitriles is 1. The molecule has 0 radical (unpaired) electrons. The Labute approximate surface area is 169 Å². The lowest BCUT2D eigenvalue weighted by atomic mass is 10.2. The maximum Gasteiger partial charge on any atom is 0.332 e. The van der Waals surface area contributed by atoms with E-state index < -0.39 is 17.4 Å². The maximum atomic E-state index is 12.9. The van der Waals surface area contributed by atoms with Crippen molar-refractivity contribution in [1.82, 2.24) is 4.57 Å². The van der Waals surface area contributed by atoms with Crippen LogP contribution in [0.3, 0.4) is 0 Å². The molecule has 0 saturated carbocycles. The molecule has 8 heteroatoms. The lowest BCUT2D eigenvalue weighted by Crippen LogP contribution is -2.32. The third-order valence-electron chi connectivity index (χ3n) is 3.87. The van der Waals surface area contributed by atoms with E-state index in [-0.39, 0.29) is 14.8 Å². The number of esters is 1. The molecule has 1 heterocycles. The maximum absolute atomic E-state index is 12.9. The minimum absolute atomic E-state index is 0.0518. The highest BCUT2D eigenvalue weighted by Crippen LogP contribution is 2.08. The third-order valence-corrected chi connectivity index (χ3v) is 4.96. The summed E-state index contributed by atoms with van der Waals surface area (Å²) in [5.74, 6) is -1.36. The van der Waals surface area contributed by atoms with Gasteiger partial charge in [0.15, 0.2) is 5.57 Å². The Morgan fingerprint density at radius 3 is 2.31 bits per heavy atom. The molecule has 3 aromatic rings. The van der Waals surface area contributed by atoms with Gasteiger partial charge in [0.25, 0.3) is 11.5 Å². The number of carbonyl (C=O) groups is 2. The molecule has 0 aliphatic heterocycles. The van der Waals surface area contributed by atoms with E-state index in [1.54, 1.807) is 60.7 Å². The largest absolute Gasteiger partial charge is 0.466 e. The van der Waals surface area contributed by atoms with Crippen molar-refractivity contribution in [1.29, 1.82) is 5.26 Å². The SMILES string of the molecule is COC(=O)/C=c1/s/c(=C(\C#N)C(=O)Nc2ccccc2)n(-c2ccccc2)c1=O. The quantitative estimate of drug-likeness (QED) is 0.657. The Kier molecular flexibility index (Phi) is 6.02. The van der Waals surface area contributed by atoms with E-state index in [0.29, 0.717) is 11.4 Å². The first-order chi connectivity index (χ1) is 14.0. The van der Waals surface area contributed by atoms with E-state index in [2.05, 4.69) is 10.1 Å². The molecule has 0 atom stereocenters. The highest BCUT2D eigenvalue weighted by Gasteiger charge is 2.17. The molecule has 1 amide bonds. The number of hydrogen-bond acceptors (Lipinski definition) is 6. The molecule has 0 saturated heterocycles.